The van der Waals surface area contributed by atoms with Crippen molar-refractivity contribution in [2.75, 3.05) is 7.11 Å². The molecule has 0 saturated carbocycles. The Balaban J connectivity index is 2.78. The zero-order chi connectivity index (χ0) is 14.6. The minimum Gasteiger partial charge on any atom is -0.469 e. The van der Waals surface area contributed by atoms with E-state index in [0.29, 0.717) is 6.07 Å². The molecule has 0 aliphatic carbocycles. The van der Waals surface area contributed by atoms with Gasteiger partial charge in [-0.1, -0.05) is 11.6 Å². The molecule has 19 heavy (non-hydrogen) atoms. The average molecular weight is 292 g/mol. The minimum atomic E-state index is -1.17. The van der Waals surface area contributed by atoms with Gasteiger partial charge < -0.3 is 10.1 Å². The number of esters is 1. The Kier molecular flexibility index (Phi) is 5.23. The summed E-state index contributed by atoms with van der Waals surface area (Å²) < 4.78 is 30.3. The first-order chi connectivity index (χ1) is 8.85. The number of ether oxygens (including phenoxy) is 1. The number of carbonyl (C=O) groups is 2. The van der Waals surface area contributed by atoms with Gasteiger partial charge in [-0.05, 0) is 19.1 Å². The Hall–Kier alpha value is -1.69. The average Bonchev–Trinajstić information content (AvgIpc) is 2.33. The van der Waals surface area contributed by atoms with Gasteiger partial charge in [0.05, 0.1) is 24.1 Å². The molecule has 0 saturated heterocycles. The van der Waals surface area contributed by atoms with Crippen LogP contribution in [0.15, 0.2) is 12.1 Å². The molecule has 1 atom stereocenters. The highest BCUT2D eigenvalue weighted by Gasteiger charge is 2.18. The van der Waals surface area contributed by atoms with Crippen LogP contribution in [0.1, 0.15) is 23.7 Å². The largest absolute Gasteiger partial charge is 0.469 e. The van der Waals surface area contributed by atoms with Gasteiger partial charge in [-0.25, -0.2) is 8.78 Å². The van der Waals surface area contributed by atoms with Gasteiger partial charge in [0.1, 0.15) is 0 Å². The van der Waals surface area contributed by atoms with Crippen molar-refractivity contribution in [1.29, 1.82) is 0 Å². The molecule has 1 aromatic rings. The van der Waals surface area contributed by atoms with E-state index in [2.05, 4.69) is 10.1 Å². The minimum absolute atomic E-state index is 0.0382. The molecule has 7 heteroatoms. The highest BCUT2D eigenvalue weighted by Crippen LogP contribution is 2.20. The second-order valence-electron chi connectivity index (χ2n) is 3.90. The van der Waals surface area contributed by atoms with Crippen molar-refractivity contribution in [3.8, 4) is 0 Å². The van der Waals surface area contributed by atoms with E-state index >= 15 is 0 Å². The quantitative estimate of drug-likeness (QED) is 0.684. The van der Waals surface area contributed by atoms with Crippen LogP contribution >= 0.6 is 11.6 Å². The van der Waals surface area contributed by atoms with Gasteiger partial charge >= 0.3 is 5.97 Å². The molecule has 0 aromatic heterocycles. The lowest BCUT2D eigenvalue weighted by atomic mass is 10.1. The lowest BCUT2D eigenvalue weighted by Gasteiger charge is -2.13. The van der Waals surface area contributed by atoms with Crippen molar-refractivity contribution in [2.24, 2.45) is 0 Å². The number of hydrogen-bond donors (Lipinski definition) is 1. The van der Waals surface area contributed by atoms with Crippen LogP contribution in [0.3, 0.4) is 0 Å². The van der Waals surface area contributed by atoms with Crippen LogP contribution in [0.2, 0.25) is 5.02 Å². The Morgan fingerprint density at radius 1 is 1.37 bits per heavy atom. The molecule has 0 fully saturated rings. The molecule has 1 amide bonds. The second kappa shape index (κ2) is 6.47. The number of amides is 1. The summed E-state index contributed by atoms with van der Waals surface area (Å²) in [4.78, 5) is 22.8. The van der Waals surface area contributed by atoms with Crippen LogP contribution in [-0.2, 0) is 9.53 Å². The summed E-state index contributed by atoms with van der Waals surface area (Å²) in [6.45, 7) is 1.57. The number of methoxy groups -OCH3 is 1. The molecule has 0 bridgehead atoms. The number of hydrogen-bond acceptors (Lipinski definition) is 3. The van der Waals surface area contributed by atoms with Crippen LogP contribution in [0.25, 0.3) is 0 Å². The van der Waals surface area contributed by atoms with E-state index in [-0.39, 0.29) is 17.0 Å². The molecule has 0 radical (unpaired) electrons. The Bertz CT molecular complexity index is 508. The SMILES string of the molecule is COC(=O)CC(C)NC(=O)c1cc(F)c(F)cc1Cl. The standard InChI is InChI=1S/C12H12ClF2NO3/c1-6(3-11(17)19-2)16-12(18)7-4-9(14)10(15)5-8(7)13/h4-6H,3H2,1-2H3,(H,16,18). The molecule has 1 aromatic carbocycles. The molecule has 1 rings (SSSR count). The number of benzene rings is 1. The predicted molar refractivity (Wildman–Crippen MR) is 64.9 cm³/mol. The summed E-state index contributed by atoms with van der Waals surface area (Å²) in [6, 6.07) is 0.901. The maximum Gasteiger partial charge on any atom is 0.307 e. The maximum absolute atomic E-state index is 13.0. The molecule has 104 valence electrons. The first-order valence-electron chi connectivity index (χ1n) is 5.37. The molecule has 0 aliphatic rings. The third kappa shape index (κ3) is 4.17. The summed E-state index contributed by atoms with van der Waals surface area (Å²) >= 11 is 5.65. The lowest BCUT2D eigenvalue weighted by molar-refractivity contribution is -0.141. The van der Waals surface area contributed by atoms with E-state index in [0.717, 1.165) is 6.07 Å². The number of halogens is 3. The summed E-state index contributed by atoms with van der Waals surface area (Å²) in [6.07, 6.45) is -0.0382. The summed E-state index contributed by atoms with van der Waals surface area (Å²) in [5.74, 6) is -3.50. The van der Waals surface area contributed by atoms with Gasteiger partial charge in [-0.15, -0.1) is 0 Å². The van der Waals surface area contributed by atoms with E-state index in [1.54, 1.807) is 6.92 Å². The molecule has 1 unspecified atom stereocenters. The summed E-state index contributed by atoms with van der Waals surface area (Å²) in [5, 5.41) is 2.23. The molecule has 0 spiro atoms. The summed E-state index contributed by atoms with van der Waals surface area (Å²) in [5.41, 5.74) is -0.197. The number of carbonyl (C=O) groups excluding carboxylic acids is 2. The highest BCUT2D eigenvalue weighted by molar-refractivity contribution is 6.33. The van der Waals surface area contributed by atoms with Crippen LogP contribution < -0.4 is 5.32 Å². The predicted octanol–water partition coefficient (Wildman–Crippen LogP) is 2.30. The maximum atomic E-state index is 13.0. The first kappa shape index (κ1) is 15.4. The van der Waals surface area contributed by atoms with E-state index in [4.69, 9.17) is 11.6 Å². The van der Waals surface area contributed by atoms with Crippen LogP contribution in [0.5, 0.6) is 0 Å². The molecule has 4 nitrogen and oxygen atoms in total. The normalized spacial score (nSPS) is 11.8. The molecular weight excluding hydrogens is 280 g/mol. The van der Waals surface area contributed by atoms with Crippen LogP contribution in [0, 0.1) is 11.6 Å². The van der Waals surface area contributed by atoms with Gasteiger partial charge in [0.15, 0.2) is 11.6 Å². The van der Waals surface area contributed by atoms with Crippen molar-refractivity contribution >= 4 is 23.5 Å². The third-order valence-corrected chi connectivity index (χ3v) is 2.65. The molecule has 0 heterocycles. The van der Waals surface area contributed by atoms with Gasteiger partial charge in [0, 0.05) is 6.04 Å². The van der Waals surface area contributed by atoms with Gasteiger partial charge in [0.2, 0.25) is 0 Å². The van der Waals surface area contributed by atoms with Crippen LogP contribution in [-0.4, -0.2) is 25.0 Å². The summed E-state index contributed by atoms with van der Waals surface area (Å²) in [7, 11) is 1.23. The fourth-order valence-corrected chi connectivity index (χ4v) is 1.62. The van der Waals surface area contributed by atoms with Crippen molar-refractivity contribution in [1.82, 2.24) is 5.32 Å². The van der Waals surface area contributed by atoms with Crippen LogP contribution in [0.4, 0.5) is 8.78 Å². The van der Waals surface area contributed by atoms with E-state index in [1.807, 2.05) is 0 Å². The first-order valence-corrected chi connectivity index (χ1v) is 5.75. The van der Waals surface area contributed by atoms with Gasteiger partial charge in [-0.3, -0.25) is 9.59 Å². The van der Waals surface area contributed by atoms with Crippen molar-refractivity contribution in [2.45, 2.75) is 19.4 Å². The monoisotopic (exact) mass is 291 g/mol. The Morgan fingerprint density at radius 3 is 2.53 bits per heavy atom. The zero-order valence-corrected chi connectivity index (χ0v) is 11.1. The van der Waals surface area contributed by atoms with E-state index in [1.165, 1.54) is 7.11 Å². The topological polar surface area (TPSA) is 55.4 Å². The molecule has 1 N–H and O–H groups in total. The second-order valence-corrected chi connectivity index (χ2v) is 4.31. The number of rotatable bonds is 4. The molecule has 0 aliphatic heterocycles. The zero-order valence-electron chi connectivity index (χ0n) is 10.3. The van der Waals surface area contributed by atoms with Crippen molar-refractivity contribution in [3.63, 3.8) is 0 Å². The Morgan fingerprint density at radius 2 is 1.95 bits per heavy atom. The lowest BCUT2D eigenvalue weighted by Crippen LogP contribution is -2.34. The number of nitrogens with one attached hydrogen (secondary N) is 1. The Labute approximate surface area is 113 Å². The fourth-order valence-electron chi connectivity index (χ4n) is 1.38. The van der Waals surface area contributed by atoms with Crippen molar-refractivity contribution in [3.05, 3.63) is 34.4 Å². The van der Waals surface area contributed by atoms with E-state index in [9.17, 15) is 18.4 Å². The smallest absolute Gasteiger partial charge is 0.307 e. The van der Waals surface area contributed by atoms with E-state index < -0.39 is 29.6 Å². The van der Waals surface area contributed by atoms with Gasteiger partial charge in [-0.2, -0.15) is 0 Å². The van der Waals surface area contributed by atoms with Crippen molar-refractivity contribution < 1.29 is 23.1 Å². The third-order valence-electron chi connectivity index (χ3n) is 2.33. The van der Waals surface area contributed by atoms with Gasteiger partial charge in [0.25, 0.3) is 5.91 Å². The molecular formula is C12H12ClF2NO3. The fraction of sp³-hybridized carbons (Fsp3) is 0.333. The highest BCUT2D eigenvalue weighted by atomic mass is 35.5.